The van der Waals surface area contributed by atoms with E-state index in [9.17, 15) is 13.2 Å². The van der Waals surface area contributed by atoms with E-state index in [4.69, 9.17) is 11.6 Å². The van der Waals surface area contributed by atoms with Gasteiger partial charge in [-0.1, -0.05) is 0 Å². The average Bonchev–Trinajstić information content (AvgIpc) is 2.01. The maximum Gasteiger partial charge on any atom is 0.411 e. The molecule has 2 nitrogen and oxygen atoms in total. The lowest BCUT2D eigenvalue weighted by Crippen LogP contribution is -2.21. The third-order valence-corrected chi connectivity index (χ3v) is 1.37. The van der Waals surface area contributed by atoms with Gasteiger partial charge in [0.2, 0.25) is 0 Å². The highest BCUT2D eigenvalue weighted by atomic mass is 35.5. The highest BCUT2D eigenvalue weighted by Crippen LogP contribution is 2.14. The van der Waals surface area contributed by atoms with Crippen LogP contribution in [0.2, 0.25) is 0 Å². The number of ether oxygens (including phenoxy) is 1. The number of nitrogens with one attached hydrogen (secondary N) is 1. The number of hydrogen-bond acceptors (Lipinski definition) is 2. The Morgan fingerprint density at radius 2 is 1.92 bits per heavy atom. The van der Waals surface area contributed by atoms with Crippen LogP contribution in [0.15, 0.2) is 0 Å². The summed E-state index contributed by atoms with van der Waals surface area (Å²) in [6.07, 6.45) is -3.66. The topological polar surface area (TPSA) is 21.3 Å². The zero-order chi connectivity index (χ0) is 10.2. The van der Waals surface area contributed by atoms with E-state index in [1.54, 1.807) is 0 Å². The van der Waals surface area contributed by atoms with Gasteiger partial charge in [-0.25, -0.2) is 0 Å². The molecule has 80 valence electrons. The molecule has 0 atom stereocenters. The van der Waals surface area contributed by atoms with Crippen LogP contribution in [-0.2, 0) is 4.74 Å². The normalized spacial score (nSPS) is 12.0. The Kier molecular flexibility index (Phi) is 7.41. The van der Waals surface area contributed by atoms with Gasteiger partial charge in [0.15, 0.2) is 0 Å². The molecular weight excluding hydrogens is 207 g/mol. The van der Waals surface area contributed by atoms with Crippen molar-refractivity contribution < 1.29 is 17.9 Å². The van der Waals surface area contributed by atoms with E-state index in [0.717, 1.165) is 0 Å². The fourth-order valence-electron chi connectivity index (χ4n) is 0.679. The van der Waals surface area contributed by atoms with Crippen molar-refractivity contribution in [1.29, 1.82) is 0 Å². The van der Waals surface area contributed by atoms with Crippen molar-refractivity contribution in [2.24, 2.45) is 0 Å². The smallest absolute Gasteiger partial charge is 0.372 e. The minimum atomic E-state index is -4.22. The fourth-order valence-corrected chi connectivity index (χ4v) is 0.813. The second-order valence-electron chi connectivity index (χ2n) is 2.46. The SMILES string of the molecule is FC(F)(F)COCCCNCCCl. The molecule has 0 aliphatic heterocycles. The quantitative estimate of drug-likeness (QED) is 0.521. The Bertz CT molecular complexity index is 121. The lowest BCUT2D eigenvalue weighted by Gasteiger charge is -2.07. The molecule has 0 heterocycles. The van der Waals surface area contributed by atoms with E-state index in [2.05, 4.69) is 10.1 Å². The highest BCUT2D eigenvalue weighted by Gasteiger charge is 2.26. The van der Waals surface area contributed by atoms with Crippen molar-refractivity contribution in [3.8, 4) is 0 Å². The molecule has 13 heavy (non-hydrogen) atoms. The van der Waals surface area contributed by atoms with Crippen LogP contribution in [0.5, 0.6) is 0 Å². The number of rotatable bonds is 7. The van der Waals surface area contributed by atoms with Crippen molar-refractivity contribution in [2.75, 3.05) is 32.2 Å². The van der Waals surface area contributed by atoms with Gasteiger partial charge in [0.25, 0.3) is 0 Å². The molecule has 0 saturated heterocycles. The summed E-state index contributed by atoms with van der Waals surface area (Å²) in [5, 5.41) is 2.94. The average molecular weight is 220 g/mol. The third kappa shape index (κ3) is 12.0. The van der Waals surface area contributed by atoms with Crippen LogP contribution < -0.4 is 5.32 Å². The fraction of sp³-hybridized carbons (Fsp3) is 1.00. The lowest BCUT2D eigenvalue weighted by molar-refractivity contribution is -0.173. The van der Waals surface area contributed by atoms with E-state index in [0.29, 0.717) is 25.4 Å². The Hall–Kier alpha value is 0. The van der Waals surface area contributed by atoms with E-state index in [-0.39, 0.29) is 6.61 Å². The number of hydrogen-bond donors (Lipinski definition) is 1. The molecule has 0 aromatic rings. The van der Waals surface area contributed by atoms with Crippen molar-refractivity contribution >= 4 is 11.6 Å². The number of alkyl halides is 4. The van der Waals surface area contributed by atoms with Gasteiger partial charge < -0.3 is 10.1 Å². The van der Waals surface area contributed by atoms with Crippen LogP contribution in [0.4, 0.5) is 13.2 Å². The Morgan fingerprint density at radius 1 is 1.23 bits per heavy atom. The van der Waals surface area contributed by atoms with Crippen molar-refractivity contribution in [2.45, 2.75) is 12.6 Å². The highest BCUT2D eigenvalue weighted by molar-refractivity contribution is 6.18. The summed E-state index contributed by atoms with van der Waals surface area (Å²) in [6.45, 7) is 0.253. The minimum absolute atomic E-state index is 0.120. The van der Waals surface area contributed by atoms with Crippen LogP contribution in [0.3, 0.4) is 0 Å². The predicted molar refractivity (Wildman–Crippen MR) is 45.1 cm³/mol. The molecule has 0 unspecified atom stereocenters. The Morgan fingerprint density at radius 3 is 2.46 bits per heavy atom. The molecule has 0 amide bonds. The molecular formula is C7H13ClF3NO. The summed E-state index contributed by atoms with van der Waals surface area (Å²) in [5.41, 5.74) is 0. The van der Waals surface area contributed by atoms with Crippen molar-refractivity contribution in [1.82, 2.24) is 5.32 Å². The standard InChI is InChI=1S/C7H13ClF3NO/c8-2-4-12-3-1-5-13-6-7(9,10)11/h12H,1-6H2. The van der Waals surface area contributed by atoms with Crippen LogP contribution >= 0.6 is 11.6 Å². The summed E-state index contributed by atoms with van der Waals surface area (Å²) < 4.78 is 39.0. The van der Waals surface area contributed by atoms with Gasteiger partial charge in [0.1, 0.15) is 6.61 Å². The van der Waals surface area contributed by atoms with Crippen LogP contribution in [-0.4, -0.2) is 38.4 Å². The second-order valence-corrected chi connectivity index (χ2v) is 2.84. The summed E-state index contributed by atoms with van der Waals surface area (Å²) >= 11 is 5.36. The van der Waals surface area contributed by atoms with Gasteiger partial charge in [-0.3, -0.25) is 0 Å². The Balaban J connectivity index is 3.00. The zero-order valence-electron chi connectivity index (χ0n) is 7.16. The molecule has 0 radical (unpaired) electrons. The number of halogens is 4. The molecule has 0 saturated carbocycles. The molecule has 0 aromatic heterocycles. The van der Waals surface area contributed by atoms with Gasteiger partial charge >= 0.3 is 6.18 Å². The first-order valence-corrected chi connectivity index (χ1v) is 4.51. The van der Waals surface area contributed by atoms with Gasteiger partial charge in [-0.15, -0.1) is 11.6 Å². The maximum absolute atomic E-state index is 11.5. The van der Waals surface area contributed by atoms with Crippen LogP contribution in [0, 0.1) is 0 Å². The molecule has 0 aliphatic rings. The molecule has 0 aliphatic carbocycles. The monoisotopic (exact) mass is 219 g/mol. The molecule has 6 heteroatoms. The summed E-state index contributed by atoms with van der Waals surface area (Å²) in [5.74, 6) is 0.503. The van der Waals surface area contributed by atoms with E-state index < -0.39 is 12.8 Å². The minimum Gasteiger partial charge on any atom is -0.372 e. The third-order valence-electron chi connectivity index (χ3n) is 1.18. The molecule has 0 fully saturated rings. The van der Waals surface area contributed by atoms with Crippen molar-refractivity contribution in [3.05, 3.63) is 0 Å². The predicted octanol–water partition coefficient (Wildman–Crippen LogP) is 1.78. The van der Waals surface area contributed by atoms with Crippen molar-refractivity contribution in [3.63, 3.8) is 0 Å². The van der Waals surface area contributed by atoms with E-state index in [1.807, 2.05) is 0 Å². The summed E-state index contributed by atoms with van der Waals surface area (Å²) in [6, 6.07) is 0. The largest absolute Gasteiger partial charge is 0.411 e. The lowest BCUT2D eigenvalue weighted by atomic mass is 10.4. The van der Waals surface area contributed by atoms with Crippen LogP contribution in [0.25, 0.3) is 0 Å². The first-order chi connectivity index (χ1) is 6.06. The van der Waals surface area contributed by atoms with E-state index in [1.165, 1.54) is 0 Å². The second kappa shape index (κ2) is 7.41. The molecule has 0 bridgehead atoms. The first kappa shape index (κ1) is 13.0. The molecule has 0 spiro atoms. The van der Waals surface area contributed by atoms with Gasteiger partial charge in [0.05, 0.1) is 0 Å². The summed E-state index contributed by atoms with van der Waals surface area (Å²) in [7, 11) is 0. The first-order valence-electron chi connectivity index (χ1n) is 3.97. The van der Waals surface area contributed by atoms with Gasteiger partial charge in [-0.2, -0.15) is 13.2 Å². The molecule has 0 aromatic carbocycles. The summed E-state index contributed by atoms with van der Waals surface area (Å²) in [4.78, 5) is 0. The molecule has 1 N–H and O–H groups in total. The van der Waals surface area contributed by atoms with Gasteiger partial charge in [-0.05, 0) is 13.0 Å². The Labute approximate surface area is 80.4 Å². The maximum atomic E-state index is 11.5. The van der Waals surface area contributed by atoms with Gasteiger partial charge in [0, 0.05) is 19.0 Å². The van der Waals surface area contributed by atoms with Crippen LogP contribution in [0.1, 0.15) is 6.42 Å². The van der Waals surface area contributed by atoms with E-state index >= 15 is 0 Å². The molecule has 0 rings (SSSR count). The zero-order valence-corrected chi connectivity index (χ0v) is 7.92.